The molecule has 0 saturated carbocycles. The molecule has 2 atom stereocenters. The van der Waals surface area contributed by atoms with Crippen molar-refractivity contribution >= 4 is 6.41 Å². The maximum absolute atomic E-state index is 10.6. The Balaban J connectivity index is 2.06. The van der Waals surface area contributed by atoms with Gasteiger partial charge in [0.15, 0.2) is 0 Å². The van der Waals surface area contributed by atoms with E-state index in [0.717, 1.165) is 17.7 Å². The van der Waals surface area contributed by atoms with Gasteiger partial charge in [0.05, 0.1) is 0 Å². The molecule has 1 N–H and O–H groups in total. The van der Waals surface area contributed by atoms with E-state index in [9.17, 15) is 9.90 Å². The van der Waals surface area contributed by atoms with Crippen molar-refractivity contribution < 1.29 is 14.6 Å². The van der Waals surface area contributed by atoms with Crippen LogP contribution in [0.25, 0.3) is 0 Å². The van der Waals surface area contributed by atoms with Crippen LogP contribution in [-0.2, 0) is 4.79 Å². The Hall–Kier alpha value is -1.55. The number of aliphatic hydroxyl groups excluding tert-OH is 1. The lowest BCUT2D eigenvalue weighted by molar-refractivity contribution is -0.123. The van der Waals surface area contributed by atoms with Gasteiger partial charge in [-0.05, 0) is 31.0 Å². The fraction of sp³-hybridized carbons (Fsp3) is 0.500. The van der Waals surface area contributed by atoms with Crippen molar-refractivity contribution in [1.29, 1.82) is 0 Å². The summed E-state index contributed by atoms with van der Waals surface area (Å²) in [6.07, 6.45) is 0.579. The maximum atomic E-state index is 10.6. The van der Waals surface area contributed by atoms with Crippen LogP contribution in [-0.4, -0.2) is 41.7 Å². The van der Waals surface area contributed by atoms with Gasteiger partial charge >= 0.3 is 0 Å². The molecule has 1 heterocycles. The number of carbonyl (C=O) groups excluding carboxylic acids is 1. The minimum Gasteiger partial charge on any atom is -0.487 e. The molecule has 2 rings (SSSR count). The second-order valence-electron chi connectivity index (χ2n) is 4.81. The second-order valence-corrected chi connectivity index (χ2v) is 4.81. The Morgan fingerprint density at radius 2 is 2.22 bits per heavy atom. The summed E-state index contributed by atoms with van der Waals surface area (Å²) in [6.45, 7) is 5.03. The monoisotopic (exact) mass is 249 g/mol. The number of β-amino-alcohol motifs (C(OH)–C–C–N with tert-alkyl or cyclic N) is 1. The highest BCUT2D eigenvalue weighted by atomic mass is 16.5. The van der Waals surface area contributed by atoms with Gasteiger partial charge in [-0.15, -0.1) is 0 Å². The van der Waals surface area contributed by atoms with Gasteiger partial charge in [-0.2, -0.15) is 0 Å². The van der Waals surface area contributed by atoms with Gasteiger partial charge < -0.3 is 14.7 Å². The van der Waals surface area contributed by atoms with E-state index in [-0.39, 0.29) is 6.10 Å². The summed E-state index contributed by atoms with van der Waals surface area (Å²) in [7, 11) is 0. The minimum atomic E-state index is -0.621. The van der Waals surface area contributed by atoms with Gasteiger partial charge in [0.1, 0.15) is 18.0 Å². The summed E-state index contributed by atoms with van der Waals surface area (Å²) in [4.78, 5) is 12.2. The van der Waals surface area contributed by atoms with Gasteiger partial charge in [0.2, 0.25) is 6.41 Å². The molecule has 18 heavy (non-hydrogen) atoms. The molecule has 4 nitrogen and oxygen atoms in total. The van der Waals surface area contributed by atoms with E-state index in [0.29, 0.717) is 19.5 Å². The molecule has 1 aliphatic rings. The Morgan fingerprint density at radius 3 is 2.89 bits per heavy atom. The van der Waals surface area contributed by atoms with Crippen molar-refractivity contribution in [3.63, 3.8) is 0 Å². The smallest absolute Gasteiger partial charge is 0.209 e. The lowest BCUT2D eigenvalue weighted by Gasteiger charge is -2.34. The number of benzene rings is 1. The molecule has 0 bridgehead atoms. The zero-order valence-corrected chi connectivity index (χ0v) is 10.8. The van der Waals surface area contributed by atoms with Crippen molar-refractivity contribution in [2.24, 2.45) is 0 Å². The number of aryl methyl sites for hydroxylation is 1. The third-order valence-corrected chi connectivity index (χ3v) is 3.53. The Labute approximate surface area is 107 Å². The molecular formula is C14H19NO3. The van der Waals surface area contributed by atoms with Crippen LogP contribution in [0.1, 0.15) is 17.5 Å². The highest BCUT2D eigenvalue weighted by Gasteiger charge is 2.28. The van der Waals surface area contributed by atoms with Crippen molar-refractivity contribution in [3.05, 3.63) is 29.3 Å². The van der Waals surface area contributed by atoms with Crippen LogP contribution in [0.2, 0.25) is 0 Å². The normalized spacial score (nSPS) is 23.8. The molecule has 4 heteroatoms. The van der Waals surface area contributed by atoms with Gasteiger partial charge in [0.25, 0.3) is 0 Å². The van der Waals surface area contributed by atoms with Crippen LogP contribution in [0.15, 0.2) is 18.2 Å². The summed E-state index contributed by atoms with van der Waals surface area (Å²) in [5, 5.41) is 9.97. The van der Waals surface area contributed by atoms with Crippen LogP contribution in [0, 0.1) is 13.8 Å². The largest absolute Gasteiger partial charge is 0.487 e. The standard InChI is InChI=1S/C14H19NO3/c1-10-4-3-5-13(11(10)2)18-14-6-7-15(9-16)8-12(14)17/h3-5,9,12,14,17H,6-8H2,1-2H3/t12-,14+/m1/s1. The van der Waals surface area contributed by atoms with Gasteiger partial charge in [-0.1, -0.05) is 12.1 Å². The Morgan fingerprint density at radius 1 is 1.44 bits per heavy atom. The predicted molar refractivity (Wildman–Crippen MR) is 68.6 cm³/mol. The zero-order valence-electron chi connectivity index (χ0n) is 10.8. The third kappa shape index (κ3) is 2.64. The molecule has 1 aromatic rings. The SMILES string of the molecule is Cc1cccc(O[C@H]2CCN(C=O)C[C@H]2O)c1C. The van der Waals surface area contributed by atoms with Gasteiger partial charge in [0, 0.05) is 19.5 Å². The average Bonchev–Trinajstić information content (AvgIpc) is 2.37. The summed E-state index contributed by atoms with van der Waals surface area (Å²) >= 11 is 0. The summed E-state index contributed by atoms with van der Waals surface area (Å²) < 4.78 is 5.88. The number of likely N-dealkylation sites (tertiary alicyclic amines) is 1. The van der Waals surface area contributed by atoms with Gasteiger partial charge in [-0.3, -0.25) is 4.79 Å². The van der Waals surface area contributed by atoms with Crippen LogP contribution < -0.4 is 4.74 Å². The maximum Gasteiger partial charge on any atom is 0.209 e. The van der Waals surface area contributed by atoms with E-state index < -0.39 is 6.10 Å². The highest BCUT2D eigenvalue weighted by molar-refractivity contribution is 5.47. The molecule has 1 amide bonds. The van der Waals surface area contributed by atoms with E-state index in [1.807, 2.05) is 32.0 Å². The number of nitrogens with zero attached hydrogens (tertiary/aromatic N) is 1. The van der Waals surface area contributed by atoms with E-state index in [1.54, 1.807) is 4.90 Å². The Bertz CT molecular complexity index is 433. The fourth-order valence-electron chi connectivity index (χ4n) is 2.18. The number of ether oxygens (including phenoxy) is 1. The van der Waals surface area contributed by atoms with Crippen LogP contribution >= 0.6 is 0 Å². The summed E-state index contributed by atoms with van der Waals surface area (Å²) in [5.74, 6) is 0.818. The molecule has 1 fully saturated rings. The number of hydrogen-bond acceptors (Lipinski definition) is 3. The van der Waals surface area contributed by atoms with E-state index >= 15 is 0 Å². The third-order valence-electron chi connectivity index (χ3n) is 3.53. The number of rotatable bonds is 3. The minimum absolute atomic E-state index is 0.235. The number of hydrogen-bond donors (Lipinski definition) is 1. The molecule has 0 spiro atoms. The summed E-state index contributed by atoms with van der Waals surface area (Å²) in [6, 6.07) is 5.90. The first-order valence-electron chi connectivity index (χ1n) is 6.22. The molecular weight excluding hydrogens is 230 g/mol. The first-order chi connectivity index (χ1) is 8.61. The molecule has 1 aromatic carbocycles. The molecule has 0 aliphatic carbocycles. The first-order valence-corrected chi connectivity index (χ1v) is 6.22. The quantitative estimate of drug-likeness (QED) is 0.821. The van der Waals surface area contributed by atoms with Crippen molar-refractivity contribution in [1.82, 2.24) is 4.90 Å². The lowest BCUT2D eigenvalue weighted by Crippen LogP contribution is -2.48. The van der Waals surface area contributed by atoms with Crippen molar-refractivity contribution in [3.8, 4) is 5.75 Å². The fourth-order valence-corrected chi connectivity index (χ4v) is 2.18. The molecule has 0 aromatic heterocycles. The molecule has 0 unspecified atom stereocenters. The predicted octanol–water partition coefficient (Wildman–Crippen LogP) is 1.27. The lowest BCUT2D eigenvalue weighted by atomic mass is 10.0. The number of amides is 1. The van der Waals surface area contributed by atoms with E-state index in [1.165, 1.54) is 5.56 Å². The number of piperidine rings is 1. The van der Waals surface area contributed by atoms with E-state index in [4.69, 9.17) is 4.74 Å². The van der Waals surface area contributed by atoms with E-state index in [2.05, 4.69) is 0 Å². The van der Waals surface area contributed by atoms with Crippen LogP contribution in [0.5, 0.6) is 5.75 Å². The topological polar surface area (TPSA) is 49.8 Å². The number of aliphatic hydroxyl groups is 1. The average molecular weight is 249 g/mol. The van der Waals surface area contributed by atoms with Crippen molar-refractivity contribution in [2.75, 3.05) is 13.1 Å². The molecule has 0 radical (unpaired) electrons. The van der Waals surface area contributed by atoms with Gasteiger partial charge in [-0.25, -0.2) is 0 Å². The van der Waals surface area contributed by atoms with Crippen LogP contribution in [0.4, 0.5) is 0 Å². The second kappa shape index (κ2) is 5.40. The molecule has 1 aliphatic heterocycles. The van der Waals surface area contributed by atoms with Crippen LogP contribution in [0.3, 0.4) is 0 Å². The molecule has 98 valence electrons. The van der Waals surface area contributed by atoms with Crippen molar-refractivity contribution in [2.45, 2.75) is 32.5 Å². The first kappa shape index (κ1) is 12.9. The highest BCUT2D eigenvalue weighted by Crippen LogP contribution is 2.24. The molecule has 1 saturated heterocycles. The number of carbonyl (C=O) groups is 1. The Kier molecular flexibility index (Phi) is 3.87. The zero-order chi connectivity index (χ0) is 13.1. The summed E-state index contributed by atoms with van der Waals surface area (Å²) in [5.41, 5.74) is 2.27.